The molecule has 1 heterocycles. The molecule has 9 heteroatoms. The van der Waals surface area contributed by atoms with E-state index in [1.54, 1.807) is 6.92 Å². The second-order valence-corrected chi connectivity index (χ2v) is 9.28. The number of hydrogen-bond donors (Lipinski definition) is 1. The number of rotatable bonds is 8. The van der Waals surface area contributed by atoms with E-state index in [-0.39, 0.29) is 22.5 Å². The van der Waals surface area contributed by atoms with Gasteiger partial charge in [-0.25, -0.2) is 8.42 Å². The maximum atomic E-state index is 12.9. The number of nitrogens with one attached hydrogen (secondary N) is 1. The van der Waals surface area contributed by atoms with Gasteiger partial charge in [0.2, 0.25) is 10.0 Å². The van der Waals surface area contributed by atoms with Gasteiger partial charge in [-0.15, -0.1) is 0 Å². The third kappa shape index (κ3) is 5.27. The third-order valence-electron chi connectivity index (χ3n) is 5.26. The Labute approximate surface area is 171 Å². The maximum absolute atomic E-state index is 12.9. The van der Waals surface area contributed by atoms with Crippen molar-refractivity contribution in [3.8, 4) is 5.75 Å². The van der Waals surface area contributed by atoms with Crippen LogP contribution < -0.4 is 10.1 Å². The van der Waals surface area contributed by atoms with Gasteiger partial charge in [-0.05, 0) is 50.8 Å². The molecular weight excluding hydrogens is 396 g/mol. The van der Waals surface area contributed by atoms with Crippen LogP contribution in [-0.4, -0.2) is 50.9 Å². The average molecular weight is 425 g/mol. The minimum atomic E-state index is -3.64. The highest BCUT2D eigenvalue weighted by Gasteiger charge is 2.28. The van der Waals surface area contributed by atoms with Crippen molar-refractivity contribution in [3.05, 3.63) is 18.2 Å². The standard InChI is InChI=1S/C20H28N2O6S/c1-2-27-18-10-9-16(29(25,26)22-11-4-3-5-12-22)13-17(18)21-19(23)14-28-20(24)15-7-6-8-15/h9-10,13,15H,2-8,11-12,14H2,1H3,(H,21,23). The van der Waals surface area contributed by atoms with Gasteiger partial charge in [0.25, 0.3) is 5.91 Å². The molecule has 3 rings (SSSR count). The van der Waals surface area contributed by atoms with Crippen molar-refractivity contribution in [2.75, 3.05) is 31.6 Å². The molecule has 1 saturated heterocycles. The minimum absolute atomic E-state index is 0.101. The molecule has 0 atom stereocenters. The van der Waals surface area contributed by atoms with Crippen molar-refractivity contribution >= 4 is 27.6 Å². The SMILES string of the molecule is CCOc1ccc(S(=O)(=O)N2CCCCC2)cc1NC(=O)COC(=O)C1CCC1. The quantitative estimate of drug-likeness (QED) is 0.644. The van der Waals surface area contributed by atoms with Crippen molar-refractivity contribution in [1.82, 2.24) is 4.31 Å². The Morgan fingerprint density at radius 3 is 2.48 bits per heavy atom. The van der Waals surface area contributed by atoms with Gasteiger partial charge in [0, 0.05) is 13.1 Å². The van der Waals surface area contributed by atoms with E-state index in [1.807, 2.05) is 0 Å². The van der Waals surface area contributed by atoms with Crippen LogP contribution >= 0.6 is 0 Å². The van der Waals surface area contributed by atoms with Gasteiger partial charge < -0.3 is 14.8 Å². The summed E-state index contributed by atoms with van der Waals surface area (Å²) in [6.45, 7) is 2.73. The molecule has 160 valence electrons. The Morgan fingerprint density at radius 1 is 1.14 bits per heavy atom. The largest absolute Gasteiger partial charge is 0.492 e. The van der Waals surface area contributed by atoms with Crippen LogP contribution in [0.5, 0.6) is 5.75 Å². The lowest BCUT2D eigenvalue weighted by atomic mass is 9.86. The van der Waals surface area contributed by atoms with Gasteiger partial charge in [0.1, 0.15) is 5.75 Å². The predicted molar refractivity (Wildman–Crippen MR) is 107 cm³/mol. The molecule has 1 aliphatic carbocycles. The molecule has 1 aliphatic heterocycles. The molecule has 0 unspecified atom stereocenters. The summed E-state index contributed by atoms with van der Waals surface area (Å²) in [7, 11) is -3.64. The summed E-state index contributed by atoms with van der Waals surface area (Å²) in [4.78, 5) is 24.2. The molecule has 1 aromatic rings. The molecule has 2 fully saturated rings. The van der Waals surface area contributed by atoms with Crippen LogP contribution in [0.1, 0.15) is 45.4 Å². The average Bonchev–Trinajstić information content (AvgIpc) is 2.67. The highest BCUT2D eigenvalue weighted by molar-refractivity contribution is 7.89. The fourth-order valence-corrected chi connectivity index (χ4v) is 4.93. The second kappa shape index (κ2) is 9.58. The van der Waals surface area contributed by atoms with Crippen LogP contribution in [0.3, 0.4) is 0 Å². The maximum Gasteiger partial charge on any atom is 0.309 e. The Kier molecular flexibility index (Phi) is 7.13. The first-order valence-electron chi connectivity index (χ1n) is 10.2. The van der Waals surface area contributed by atoms with Crippen LogP contribution in [0.4, 0.5) is 5.69 Å². The number of carbonyl (C=O) groups is 2. The van der Waals surface area contributed by atoms with Gasteiger partial charge in [-0.3, -0.25) is 9.59 Å². The first-order valence-corrected chi connectivity index (χ1v) is 11.6. The van der Waals surface area contributed by atoms with E-state index in [1.165, 1.54) is 22.5 Å². The summed E-state index contributed by atoms with van der Waals surface area (Å²) in [5.74, 6) is -0.646. The number of benzene rings is 1. The smallest absolute Gasteiger partial charge is 0.309 e. The fourth-order valence-electron chi connectivity index (χ4n) is 3.39. The van der Waals surface area contributed by atoms with Crippen molar-refractivity contribution in [2.45, 2.75) is 50.3 Å². The fraction of sp³-hybridized carbons (Fsp3) is 0.600. The van der Waals surface area contributed by atoms with Gasteiger partial charge in [0.15, 0.2) is 6.61 Å². The molecule has 0 radical (unpaired) electrons. The van der Waals surface area contributed by atoms with E-state index >= 15 is 0 Å². The number of nitrogens with zero attached hydrogens (tertiary/aromatic N) is 1. The molecule has 2 aliphatic rings. The van der Waals surface area contributed by atoms with Crippen molar-refractivity contribution in [1.29, 1.82) is 0 Å². The number of piperidine rings is 1. The number of esters is 1. The van der Waals surface area contributed by atoms with Gasteiger partial charge in [-0.1, -0.05) is 12.8 Å². The summed E-state index contributed by atoms with van der Waals surface area (Å²) in [5, 5.41) is 2.62. The summed E-state index contributed by atoms with van der Waals surface area (Å²) in [5.41, 5.74) is 0.245. The van der Waals surface area contributed by atoms with E-state index in [9.17, 15) is 18.0 Å². The topological polar surface area (TPSA) is 102 Å². The van der Waals surface area contributed by atoms with Crippen LogP contribution in [-0.2, 0) is 24.3 Å². The lowest BCUT2D eigenvalue weighted by Gasteiger charge is -2.26. The van der Waals surface area contributed by atoms with Crippen LogP contribution in [0, 0.1) is 5.92 Å². The molecule has 1 amide bonds. The Morgan fingerprint density at radius 2 is 1.86 bits per heavy atom. The summed E-state index contributed by atoms with van der Waals surface area (Å²) < 4.78 is 37.9. The molecule has 0 spiro atoms. The van der Waals surface area contributed by atoms with Crippen molar-refractivity contribution < 1.29 is 27.5 Å². The number of amides is 1. The molecule has 1 N–H and O–H groups in total. The number of carbonyl (C=O) groups excluding carboxylic acids is 2. The van der Waals surface area contributed by atoms with E-state index in [0.717, 1.165) is 38.5 Å². The van der Waals surface area contributed by atoms with E-state index in [0.29, 0.717) is 25.4 Å². The number of hydrogen-bond acceptors (Lipinski definition) is 6. The molecule has 1 saturated carbocycles. The Balaban J connectivity index is 1.72. The van der Waals surface area contributed by atoms with Gasteiger partial charge >= 0.3 is 5.97 Å². The molecule has 0 aromatic heterocycles. The third-order valence-corrected chi connectivity index (χ3v) is 7.16. The predicted octanol–water partition coefficient (Wildman–Crippen LogP) is 2.54. The lowest BCUT2D eigenvalue weighted by Crippen LogP contribution is -2.35. The monoisotopic (exact) mass is 424 g/mol. The number of anilines is 1. The van der Waals surface area contributed by atoms with E-state index in [2.05, 4.69) is 5.32 Å². The van der Waals surface area contributed by atoms with E-state index < -0.39 is 22.5 Å². The van der Waals surface area contributed by atoms with E-state index in [4.69, 9.17) is 9.47 Å². The van der Waals surface area contributed by atoms with Crippen LogP contribution in [0.15, 0.2) is 23.1 Å². The minimum Gasteiger partial charge on any atom is -0.492 e. The normalized spacial score (nSPS) is 18.0. The highest BCUT2D eigenvalue weighted by Crippen LogP contribution is 2.30. The number of sulfonamides is 1. The zero-order valence-corrected chi connectivity index (χ0v) is 17.5. The van der Waals surface area contributed by atoms with Crippen molar-refractivity contribution in [2.24, 2.45) is 5.92 Å². The molecule has 29 heavy (non-hydrogen) atoms. The van der Waals surface area contributed by atoms with Crippen LogP contribution in [0.2, 0.25) is 0 Å². The van der Waals surface area contributed by atoms with Crippen molar-refractivity contribution in [3.63, 3.8) is 0 Å². The summed E-state index contributed by atoms with van der Waals surface area (Å²) in [6.07, 6.45) is 5.30. The highest BCUT2D eigenvalue weighted by atomic mass is 32.2. The summed E-state index contributed by atoms with van der Waals surface area (Å²) in [6, 6.07) is 4.43. The Hall–Kier alpha value is -2.13. The van der Waals surface area contributed by atoms with Gasteiger partial charge in [-0.2, -0.15) is 4.31 Å². The molecular formula is C20H28N2O6S. The zero-order chi connectivity index (χ0) is 20.9. The first-order chi connectivity index (χ1) is 13.9. The zero-order valence-electron chi connectivity index (χ0n) is 16.7. The summed E-state index contributed by atoms with van der Waals surface area (Å²) >= 11 is 0. The van der Waals surface area contributed by atoms with Gasteiger partial charge in [0.05, 0.1) is 23.1 Å². The molecule has 0 bridgehead atoms. The Bertz CT molecular complexity index is 845. The van der Waals surface area contributed by atoms with Crippen LogP contribution in [0.25, 0.3) is 0 Å². The molecule has 8 nitrogen and oxygen atoms in total. The lowest BCUT2D eigenvalue weighted by molar-refractivity contribution is -0.154. The second-order valence-electron chi connectivity index (χ2n) is 7.34. The molecule has 1 aromatic carbocycles. The number of ether oxygens (including phenoxy) is 2. The first kappa shape index (κ1) is 21.6.